The molecule has 1 aromatic carbocycles. The van der Waals surface area contributed by atoms with Gasteiger partial charge in [-0.1, -0.05) is 42.5 Å². The van der Waals surface area contributed by atoms with E-state index in [1.165, 1.54) is 5.56 Å². The molecule has 2 heterocycles. The molecule has 3 fully saturated rings. The molecule has 6 nitrogen and oxygen atoms in total. The van der Waals surface area contributed by atoms with E-state index < -0.39 is 6.10 Å². The zero-order valence-corrected chi connectivity index (χ0v) is 19.4. The molecule has 1 aliphatic carbocycles. The lowest BCUT2D eigenvalue weighted by Gasteiger charge is -2.29. The van der Waals surface area contributed by atoms with Crippen molar-refractivity contribution in [2.45, 2.75) is 88.7 Å². The van der Waals surface area contributed by atoms with Crippen LogP contribution >= 0.6 is 0 Å². The molecule has 0 amide bonds. The quantitative estimate of drug-likeness (QED) is 0.419. The van der Waals surface area contributed by atoms with Gasteiger partial charge in [-0.15, -0.1) is 0 Å². The van der Waals surface area contributed by atoms with Crippen molar-refractivity contribution in [1.82, 2.24) is 0 Å². The monoisotopic (exact) mass is 458 g/mol. The number of aliphatic hydroxyl groups excluding tert-OH is 1. The highest BCUT2D eigenvalue weighted by atomic mass is 16.7. The van der Waals surface area contributed by atoms with E-state index in [9.17, 15) is 9.90 Å². The molecule has 2 aliphatic heterocycles. The van der Waals surface area contributed by atoms with Crippen molar-refractivity contribution in [1.29, 1.82) is 0 Å². The van der Waals surface area contributed by atoms with E-state index >= 15 is 0 Å². The van der Waals surface area contributed by atoms with Crippen LogP contribution in [0, 0.1) is 11.8 Å². The first-order valence-electron chi connectivity index (χ1n) is 12.6. The normalized spacial score (nSPS) is 33.8. The molecule has 1 saturated carbocycles. The molecule has 6 heteroatoms. The van der Waals surface area contributed by atoms with Crippen molar-refractivity contribution in [3.05, 3.63) is 48.0 Å². The maximum absolute atomic E-state index is 11.3. The van der Waals surface area contributed by atoms with Crippen LogP contribution < -0.4 is 0 Å². The Kier molecular flexibility index (Phi) is 9.50. The second-order valence-corrected chi connectivity index (χ2v) is 9.46. The third-order valence-electron chi connectivity index (χ3n) is 7.02. The van der Waals surface area contributed by atoms with E-state index in [2.05, 4.69) is 24.3 Å². The Morgan fingerprint density at radius 2 is 1.76 bits per heavy atom. The van der Waals surface area contributed by atoms with Crippen LogP contribution in [0.1, 0.15) is 56.9 Å². The minimum Gasteiger partial charge on any atom is -0.393 e. The summed E-state index contributed by atoms with van der Waals surface area (Å²) >= 11 is 0. The van der Waals surface area contributed by atoms with E-state index in [0.717, 1.165) is 57.8 Å². The molecule has 0 spiro atoms. The van der Waals surface area contributed by atoms with Crippen molar-refractivity contribution < 1.29 is 28.8 Å². The van der Waals surface area contributed by atoms with Gasteiger partial charge in [0.05, 0.1) is 18.3 Å². The SMILES string of the molecule is O=CC[C@@H]1[C@@H](C=C[C@H](Cc2ccccc2)OC2CCCCO2)[C@H](OC2CCCCO2)C[C@@H]1O. The highest BCUT2D eigenvalue weighted by molar-refractivity contribution is 5.50. The fourth-order valence-electron chi connectivity index (χ4n) is 5.23. The molecule has 2 saturated heterocycles. The molecular formula is C27H38O6. The third kappa shape index (κ3) is 7.20. The van der Waals surface area contributed by atoms with Gasteiger partial charge in [0.25, 0.3) is 0 Å². The Hall–Kier alpha value is -1.57. The highest BCUT2D eigenvalue weighted by Crippen LogP contribution is 2.39. The molecule has 1 aromatic rings. The van der Waals surface area contributed by atoms with Gasteiger partial charge in [0.1, 0.15) is 6.29 Å². The lowest BCUT2D eigenvalue weighted by molar-refractivity contribution is -0.193. The molecule has 0 radical (unpaired) electrons. The Morgan fingerprint density at radius 3 is 2.42 bits per heavy atom. The summed E-state index contributed by atoms with van der Waals surface area (Å²) < 4.78 is 24.3. The average Bonchev–Trinajstić information content (AvgIpc) is 3.13. The van der Waals surface area contributed by atoms with Crippen molar-refractivity contribution in [2.75, 3.05) is 13.2 Å². The second-order valence-electron chi connectivity index (χ2n) is 9.46. The van der Waals surface area contributed by atoms with Crippen LogP contribution in [-0.4, -0.2) is 55.5 Å². The largest absolute Gasteiger partial charge is 0.393 e. The zero-order chi connectivity index (χ0) is 22.9. The number of rotatable bonds is 10. The lowest BCUT2D eigenvalue weighted by Crippen LogP contribution is -2.31. The number of hydrogen-bond donors (Lipinski definition) is 1. The average molecular weight is 459 g/mol. The van der Waals surface area contributed by atoms with E-state index in [1.54, 1.807) is 0 Å². The smallest absolute Gasteiger partial charge is 0.158 e. The van der Waals surface area contributed by atoms with E-state index in [1.807, 2.05) is 18.2 Å². The van der Waals surface area contributed by atoms with Gasteiger partial charge in [0.2, 0.25) is 0 Å². The Labute approximate surface area is 197 Å². The van der Waals surface area contributed by atoms with Crippen LogP contribution in [0.4, 0.5) is 0 Å². The maximum Gasteiger partial charge on any atom is 0.158 e. The topological polar surface area (TPSA) is 74.2 Å². The van der Waals surface area contributed by atoms with Gasteiger partial charge in [-0.2, -0.15) is 0 Å². The van der Waals surface area contributed by atoms with Crippen molar-refractivity contribution >= 4 is 6.29 Å². The van der Waals surface area contributed by atoms with Gasteiger partial charge < -0.3 is 28.8 Å². The summed E-state index contributed by atoms with van der Waals surface area (Å²) in [5.74, 6) is -0.222. The summed E-state index contributed by atoms with van der Waals surface area (Å²) in [6.07, 6.45) is 11.5. The number of carbonyl (C=O) groups is 1. The highest BCUT2D eigenvalue weighted by Gasteiger charge is 2.43. The fourth-order valence-corrected chi connectivity index (χ4v) is 5.23. The van der Waals surface area contributed by atoms with Crippen LogP contribution in [0.5, 0.6) is 0 Å². The molecule has 2 unspecified atom stereocenters. The summed E-state index contributed by atoms with van der Waals surface area (Å²) in [5, 5.41) is 10.7. The Balaban J connectivity index is 1.48. The minimum atomic E-state index is -0.561. The summed E-state index contributed by atoms with van der Waals surface area (Å²) in [6.45, 7) is 1.45. The predicted octanol–water partition coefficient (Wildman–Crippen LogP) is 4.19. The second kappa shape index (κ2) is 12.8. The number of hydrogen-bond acceptors (Lipinski definition) is 6. The predicted molar refractivity (Wildman–Crippen MR) is 124 cm³/mol. The number of benzene rings is 1. The number of carbonyl (C=O) groups excluding carboxylic acids is 1. The van der Waals surface area contributed by atoms with Gasteiger partial charge in [-0.3, -0.25) is 0 Å². The number of aliphatic hydroxyl groups is 1. The first-order valence-corrected chi connectivity index (χ1v) is 12.6. The van der Waals surface area contributed by atoms with E-state index in [0.29, 0.717) is 19.4 Å². The maximum atomic E-state index is 11.3. The first kappa shape index (κ1) is 24.6. The fraction of sp³-hybridized carbons (Fsp3) is 0.667. The zero-order valence-electron chi connectivity index (χ0n) is 19.4. The summed E-state index contributed by atoms with van der Waals surface area (Å²) in [7, 11) is 0. The van der Waals surface area contributed by atoms with Crippen molar-refractivity contribution in [2.24, 2.45) is 11.8 Å². The number of ether oxygens (including phenoxy) is 4. The van der Waals surface area contributed by atoms with Crippen LogP contribution in [0.25, 0.3) is 0 Å². The van der Waals surface area contributed by atoms with Gasteiger partial charge in [-0.25, -0.2) is 0 Å². The minimum absolute atomic E-state index is 0.0649. The Morgan fingerprint density at radius 1 is 1.03 bits per heavy atom. The molecule has 33 heavy (non-hydrogen) atoms. The standard InChI is InChI=1S/C27H38O6/c28-15-14-22-23(25(19-24(22)29)33-27-11-5-7-17-31-27)13-12-21(18-20-8-2-1-3-9-20)32-26-10-4-6-16-30-26/h1-3,8-9,12-13,15,21-27,29H,4-7,10-11,14,16-19H2/t21-,22-,23-,24+,25-,26?,27?/m1/s1. The molecule has 0 aromatic heterocycles. The van der Waals surface area contributed by atoms with Crippen molar-refractivity contribution in [3.63, 3.8) is 0 Å². The third-order valence-corrected chi connectivity index (χ3v) is 7.02. The lowest BCUT2D eigenvalue weighted by atomic mass is 9.90. The van der Waals surface area contributed by atoms with Crippen LogP contribution in [0.2, 0.25) is 0 Å². The Bertz CT molecular complexity index is 725. The number of aldehydes is 1. The summed E-state index contributed by atoms with van der Waals surface area (Å²) in [4.78, 5) is 11.3. The summed E-state index contributed by atoms with van der Waals surface area (Å²) in [6, 6.07) is 10.3. The van der Waals surface area contributed by atoms with Crippen LogP contribution in [0.15, 0.2) is 42.5 Å². The first-order chi connectivity index (χ1) is 16.2. The van der Waals surface area contributed by atoms with Gasteiger partial charge >= 0.3 is 0 Å². The molecule has 182 valence electrons. The molecule has 1 N–H and O–H groups in total. The van der Waals surface area contributed by atoms with Crippen LogP contribution in [-0.2, 0) is 30.2 Å². The van der Waals surface area contributed by atoms with Crippen LogP contribution in [0.3, 0.4) is 0 Å². The molecule has 3 aliphatic rings. The van der Waals surface area contributed by atoms with E-state index in [-0.39, 0.29) is 36.6 Å². The molecular weight excluding hydrogens is 420 g/mol. The summed E-state index contributed by atoms with van der Waals surface area (Å²) in [5.41, 5.74) is 1.20. The van der Waals surface area contributed by atoms with Gasteiger partial charge in [0, 0.05) is 44.3 Å². The molecule has 4 rings (SSSR count). The van der Waals surface area contributed by atoms with Crippen molar-refractivity contribution in [3.8, 4) is 0 Å². The molecule has 7 atom stereocenters. The van der Waals surface area contributed by atoms with E-state index in [4.69, 9.17) is 18.9 Å². The van der Waals surface area contributed by atoms with Gasteiger partial charge in [0.15, 0.2) is 12.6 Å². The van der Waals surface area contributed by atoms with Gasteiger partial charge in [-0.05, 0) is 44.1 Å². The molecule has 0 bridgehead atoms.